The molecule has 0 unspecified atom stereocenters. The standard InChI is InChI=1S/C20H29N3O3S/c1-6-23(7-2)19(24)17-13(5)21-20(27)22-18(17)14-10-11-15(25-8-3)16(12-14)26-9-4/h10-12,18H,6-9H2,1-5H3,(H2,21,22,27)/t18-/m0/s1. The van der Waals surface area contributed by atoms with E-state index in [2.05, 4.69) is 10.6 Å². The first-order chi connectivity index (χ1) is 13.0. The van der Waals surface area contributed by atoms with Crippen LogP contribution in [0.2, 0.25) is 0 Å². The Bertz CT molecular complexity index is 729. The maximum Gasteiger partial charge on any atom is 0.253 e. The number of rotatable bonds is 8. The van der Waals surface area contributed by atoms with Crippen LogP contribution in [0.4, 0.5) is 0 Å². The summed E-state index contributed by atoms with van der Waals surface area (Å²) in [6.45, 7) is 12.1. The van der Waals surface area contributed by atoms with Crippen molar-refractivity contribution >= 4 is 23.2 Å². The predicted molar refractivity (Wildman–Crippen MR) is 111 cm³/mol. The molecule has 0 aromatic heterocycles. The highest BCUT2D eigenvalue weighted by atomic mass is 32.1. The molecule has 27 heavy (non-hydrogen) atoms. The zero-order valence-electron chi connectivity index (χ0n) is 16.7. The van der Waals surface area contributed by atoms with Gasteiger partial charge >= 0.3 is 0 Å². The van der Waals surface area contributed by atoms with Gasteiger partial charge in [0.05, 0.1) is 24.8 Å². The van der Waals surface area contributed by atoms with Gasteiger partial charge in [-0.15, -0.1) is 0 Å². The molecule has 0 spiro atoms. The average molecular weight is 392 g/mol. The van der Waals surface area contributed by atoms with Crippen LogP contribution in [0, 0.1) is 0 Å². The van der Waals surface area contributed by atoms with Crippen LogP contribution in [0.5, 0.6) is 11.5 Å². The minimum absolute atomic E-state index is 0.00292. The van der Waals surface area contributed by atoms with Crippen LogP contribution >= 0.6 is 12.2 Å². The van der Waals surface area contributed by atoms with E-state index in [9.17, 15) is 4.79 Å². The van der Waals surface area contributed by atoms with E-state index < -0.39 is 0 Å². The zero-order valence-corrected chi connectivity index (χ0v) is 17.5. The molecule has 6 nitrogen and oxygen atoms in total. The van der Waals surface area contributed by atoms with Gasteiger partial charge in [-0.1, -0.05) is 6.07 Å². The first-order valence-corrected chi connectivity index (χ1v) is 9.84. The van der Waals surface area contributed by atoms with E-state index in [0.717, 1.165) is 11.3 Å². The normalized spacial score (nSPS) is 16.5. The number of likely N-dealkylation sites (N-methyl/N-ethyl adjacent to an activating group) is 1. The van der Waals surface area contributed by atoms with E-state index in [1.807, 2.05) is 57.7 Å². The van der Waals surface area contributed by atoms with E-state index in [1.54, 1.807) is 0 Å². The largest absolute Gasteiger partial charge is 0.490 e. The summed E-state index contributed by atoms with van der Waals surface area (Å²) in [5.41, 5.74) is 2.34. The van der Waals surface area contributed by atoms with E-state index in [0.29, 0.717) is 48.5 Å². The Morgan fingerprint density at radius 2 is 1.74 bits per heavy atom. The number of thiocarbonyl (C=S) groups is 1. The maximum absolute atomic E-state index is 13.1. The van der Waals surface area contributed by atoms with E-state index in [4.69, 9.17) is 21.7 Å². The van der Waals surface area contributed by atoms with Crippen LogP contribution in [0.15, 0.2) is 29.5 Å². The van der Waals surface area contributed by atoms with Gasteiger partial charge < -0.3 is 25.0 Å². The van der Waals surface area contributed by atoms with E-state index >= 15 is 0 Å². The van der Waals surface area contributed by atoms with Crippen LogP contribution in [-0.4, -0.2) is 42.2 Å². The number of carbonyl (C=O) groups excluding carboxylic acids is 1. The first kappa shape index (κ1) is 21.0. The molecule has 1 aliphatic heterocycles. The first-order valence-electron chi connectivity index (χ1n) is 9.43. The molecule has 0 radical (unpaired) electrons. The Balaban J connectivity index is 2.49. The second kappa shape index (κ2) is 9.60. The second-order valence-electron chi connectivity index (χ2n) is 6.12. The van der Waals surface area contributed by atoms with Crippen molar-refractivity contribution in [1.82, 2.24) is 15.5 Å². The summed E-state index contributed by atoms with van der Waals surface area (Å²) in [7, 11) is 0. The van der Waals surface area contributed by atoms with Crippen LogP contribution in [0.3, 0.4) is 0 Å². The summed E-state index contributed by atoms with van der Waals surface area (Å²) in [6.07, 6.45) is 0. The number of allylic oxidation sites excluding steroid dienone is 1. The Hall–Kier alpha value is -2.28. The molecule has 7 heteroatoms. The fourth-order valence-corrected chi connectivity index (χ4v) is 3.43. The fraction of sp³-hybridized carbons (Fsp3) is 0.500. The third-order valence-corrected chi connectivity index (χ3v) is 4.67. The number of nitrogens with zero attached hydrogens (tertiary/aromatic N) is 1. The number of nitrogens with one attached hydrogen (secondary N) is 2. The molecule has 1 aromatic rings. The zero-order chi connectivity index (χ0) is 20.0. The Morgan fingerprint density at radius 3 is 2.33 bits per heavy atom. The van der Waals surface area contributed by atoms with Crippen molar-refractivity contribution in [3.63, 3.8) is 0 Å². The molecule has 148 valence electrons. The monoisotopic (exact) mass is 391 g/mol. The molecule has 1 aromatic carbocycles. The number of hydrogen-bond donors (Lipinski definition) is 2. The number of carbonyl (C=O) groups is 1. The van der Waals surface area contributed by atoms with Gasteiger partial charge in [0.1, 0.15) is 0 Å². The highest BCUT2D eigenvalue weighted by molar-refractivity contribution is 7.80. The Labute approximate surface area is 166 Å². The molecule has 1 atom stereocenters. The van der Waals surface area contributed by atoms with Crippen molar-refractivity contribution in [2.24, 2.45) is 0 Å². The molecule has 0 saturated heterocycles. The molecule has 2 N–H and O–H groups in total. The van der Waals surface area contributed by atoms with Crippen molar-refractivity contribution in [2.75, 3.05) is 26.3 Å². The van der Waals surface area contributed by atoms with Crippen LogP contribution < -0.4 is 20.1 Å². The average Bonchev–Trinajstić information content (AvgIpc) is 2.63. The Kier molecular flexibility index (Phi) is 7.47. The fourth-order valence-electron chi connectivity index (χ4n) is 3.16. The summed E-state index contributed by atoms with van der Waals surface area (Å²) < 4.78 is 11.4. The van der Waals surface area contributed by atoms with Gasteiger partial charge in [-0.05, 0) is 64.5 Å². The van der Waals surface area contributed by atoms with Gasteiger partial charge in [0.25, 0.3) is 5.91 Å². The van der Waals surface area contributed by atoms with E-state index in [-0.39, 0.29) is 11.9 Å². The number of benzene rings is 1. The summed E-state index contributed by atoms with van der Waals surface area (Å²) in [5.74, 6) is 1.35. The lowest BCUT2D eigenvalue weighted by atomic mass is 9.94. The minimum Gasteiger partial charge on any atom is -0.490 e. The minimum atomic E-state index is -0.346. The molecule has 1 heterocycles. The summed E-state index contributed by atoms with van der Waals surface area (Å²) >= 11 is 5.34. The smallest absolute Gasteiger partial charge is 0.253 e. The van der Waals surface area contributed by atoms with Crippen LogP contribution in [-0.2, 0) is 4.79 Å². The lowest BCUT2D eigenvalue weighted by Gasteiger charge is -2.33. The van der Waals surface area contributed by atoms with Gasteiger partial charge in [0.2, 0.25) is 0 Å². The van der Waals surface area contributed by atoms with Gasteiger partial charge in [-0.3, -0.25) is 4.79 Å². The molecule has 0 bridgehead atoms. The van der Waals surface area contributed by atoms with Crippen molar-refractivity contribution in [2.45, 2.75) is 40.7 Å². The highest BCUT2D eigenvalue weighted by Crippen LogP contribution is 2.35. The second-order valence-corrected chi connectivity index (χ2v) is 6.53. The van der Waals surface area contributed by atoms with Crippen molar-refractivity contribution in [3.8, 4) is 11.5 Å². The van der Waals surface area contributed by atoms with Gasteiger partial charge in [-0.25, -0.2) is 0 Å². The summed E-state index contributed by atoms with van der Waals surface area (Å²) in [5, 5.41) is 6.82. The molecular weight excluding hydrogens is 362 g/mol. The van der Waals surface area contributed by atoms with E-state index in [1.165, 1.54) is 0 Å². The van der Waals surface area contributed by atoms with Crippen molar-refractivity contribution < 1.29 is 14.3 Å². The third kappa shape index (κ3) is 4.71. The predicted octanol–water partition coefficient (Wildman–Crippen LogP) is 3.15. The van der Waals surface area contributed by atoms with Crippen molar-refractivity contribution in [1.29, 1.82) is 0 Å². The van der Waals surface area contributed by atoms with Crippen LogP contribution in [0.25, 0.3) is 0 Å². The van der Waals surface area contributed by atoms with Crippen LogP contribution in [0.1, 0.15) is 46.2 Å². The molecule has 0 fully saturated rings. The topological polar surface area (TPSA) is 62.8 Å². The molecule has 0 aliphatic carbocycles. The Morgan fingerprint density at radius 1 is 1.11 bits per heavy atom. The lowest BCUT2D eigenvalue weighted by molar-refractivity contribution is -0.127. The molecule has 2 rings (SSSR count). The number of amides is 1. The van der Waals surface area contributed by atoms with Gasteiger partial charge in [0.15, 0.2) is 16.6 Å². The third-order valence-electron chi connectivity index (χ3n) is 4.45. The van der Waals surface area contributed by atoms with Gasteiger partial charge in [-0.2, -0.15) is 0 Å². The highest BCUT2D eigenvalue weighted by Gasteiger charge is 2.32. The molecule has 1 aliphatic rings. The van der Waals surface area contributed by atoms with Crippen molar-refractivity contribution in [3.05, 3.63) is 35.0 Å². The SMILES string of the molecule is CCOc1ccc([C@@H]2NC(=S)NC(C)=C2C(=O)N(CC)CC)cc1OCC. The summed E-state index contributed by atoms with van der Waals surface area (Å²) in [4.78, 5) is 14.9. The quantitative estimate of drug-likeness (QED) is 0.664. The summed E-state index contributed by atoms with van der Waals surface area (Å²) in [6, 6.07) is 5.40. The molecular formula is C20H29N3O3S. The number of hydrogen-bond acceptors (Lipinski definition) is 4. The maximum atomic E-state index is 13.1. The molecule has 1 amide bonds. The lowest BCUT2D eigenvalue weighted by Crippen LogP contribution is -2.47. The van der Waals surface area contributed by atoms with Gasteiger partial charge in [0, 0.05) is 18.8 Å². The molecule has 0 saturated carbocycles. The number of ether oxygens (including phenoxy) is 2.